The van der Waals surface area contributed by atoms with Crippen molar-refractivity contribution in [3.8, 4) is 0 Å². The standard InChI is InChI=1S/C12H20N5O14P3/c1-7-15-8(18)3-4-17(7)10-11(2,20)9(19)12(29-10,5-14-16-13)6-28-33(24,25)31-34(26,27)30-32(21,22)23/h3-4,9-10,19-20H,1,5-6H2,2H3,(H,15,18)(H,24,25)(H,26,27)(H2,21,22,23)/t9-,10+,11+,12+/m0/s1. The van der Waals surface area contributed by atoms with Crippen LogP contribution in [0.2, 0.25) is 0 Å². The van der Waals surface area contributed by atoms with E-state index in [1.54, 1.807) is 0 Å². The second-order valence-electron chi connectivity index (χ2n) is 7.08. The van der Waals surface area contributed by atoms with Crippen LogP contribution in [0, 0.1) is 0 Å². The van der Waals surface area contributed by atoms with Gasteiger partial charge in [-0.1, -0.05) is 11.7 Å². The average Bonchev–Trinajstić information content (AvgIpc) is 2.83. The fraction of sp³-hybridized carbons (Fsp3) is 0.583. The van der Waals surface area contributed by atoms with E-state index in [9.17, 15) is 38.5 Å². The summed E-state index contributed by atoms with van der Waals surface area (Å²) in [4.78, 5) is 51.1. The lowest BCUT2D eigenvalue weighted by molar-refractivity contribution is -0.138. The van der Waals surface area contributed by atoms with Crippen molar-refractivity contribution in [2.45, 2.75) is 30.5 Å². The lowest BCUT2D eigenvalue weighted by Gasteiger charge is -2.37. The van der Waals surface area contributed by atoms with Crippen molar-refractivity contribution in [3.63, 3.8) is 0 Å². The molecule has 2 rings (SSSR count). The Bertz CT molecular complexity index is 1070. The van der Waals surface area contributed by atoms with Gasteiger partial charge in [-0.25, -0.2) is 13.7 Å². The largest absolute Gasteiger partial charge is 0.490 e. The SMILES string of the molecule is C=C1NC(=O)C=CN1[C@@H]1O[C@](CN=[N+]=[N-])(COP(=O)(O)OP(=O)(O)OP(=O)(O)O)[C@@H](O)[C@@]1(C)O. The molecule has 6 atom stereocenters. The van der Waals surface area contributed by atoms with Crippen LogP contribution in [0.4, 0.5) is 0 Å². The molecule has 0 saturated carbocycles. The molecule has 1 saturated heterocycles. The molecule has 34 heavy (non-hydrogen) atoms. The maximum absolute atomic E-state index is 12.1. The number of aliphatic hydroxyl groups excluding tert-OH is 1. The monoisotopic (exact) mass is 551 g/mol. The first-order chi connectivity index (χ1) is 15.3. The van der Waals surface area contributed by atoms with Gasteiger partial charge in [0.1, 0.15) is 23.1 Å². The van der Waals surface area contributed by atoms with Crippen LogP contribution in [0.5, 0.6) is 0 Å². The van der Waals surface area contributed by atoms with Crippen LogP contribution < -0.4 is 5.32 Å². The van der Waals surface area contributed by atoms with Crippen LogP contribution in [0.3, 0.4) is 0 Å². The first-order valence-electron chi connectivity index (χ1n) is 8.68. The number of amides is 1. The molecule has 0 spiro atoms. The van der Waals surface area contributed by atoms with E-state index >= 15 is 0 Å². The molecule has 0 bridgehead atoms. The number of ether oxygens (including phenoxy) is 1. The lowest BCUT2D eigenvalue weighted by atomic mass is 9.87. The number of nitrogens with one attached hydrogen (secondary N) is 1. The molecule has 1 amide bonds. The molecule has 0 aromatic rings. The summed E-state index contributed by atoms with van der Waals surface area (Å²) >= 11 is 0. The normalized spacial score (nSPS) is 33.1. The zero-order valence-electron chi connectivity index (χ0n) is 17.0. The summed E-state index contributed by atoms with van der Waals surface area (Å²) in [7, 11) is -17.1. The molecule has 7 N–H and O–H groups in total. The number of azide groups is 1. The predicted molar refractivity (Wildman–Crippen MR) is 106 cm³/mol. The summed E-state index contributed by atoms with van der Waals surface area (Å²) in [5.41, 5.74) is 4.15. The second kappa shape index (κ2) is 9.78. The van der Waals surface area contributed by atoms with Gasteiger partial charge in [0.25, 0.3) is 5.91 Å². The van der Waals surface area contributed by atoms with E-state index in [0.717, 1.165) is 24.1 Å². The first kappa shape index (κ1) is 28.6. The average molecular weight is 551 g/mol. The second-order valence-corrected chi connectivity index (χ2v) is 11.5. The van der Waals surface area contributed by atoms with Crippen LogP contribution in [0.1, 0.15) is 6.92 Å². The fourth-order valence-corrected chi connectivity index (χ4v) is 6.12. The molecule has 0 aromatic carbocycles. The Hall–Kier alpha value is -1.65. The van der Waals surface area contributed by atoms with Crippen LogP contribution in [-0.4, -0.2) is 77.3 Å². The van der Waals surface area contributed by atoms with E-state index in [-0.39, 0.29) is 5.82 Å². The van der Waals surface area contributed by atoms with Crippen molar-refractivity contribution in [1.29, 1.82) is 0 Å². The van der Waals surface area contributed by atoms with Crippen LogP contribution in [0.25, 0.3) is 10.4 Å². The number of rotatable bonds is 10. The van der Waals surface area contributed by atoms with Gasteiger partial charge in [-0.15, -0.1) is 0 Å². The first-order valence-corrected chi connectivity index (χ1v) is 13.2. The summed E-state index contributed by atoms with van der Waals surface area (Å²) < 4.78 is 51.6. The number of hydrogen-bond donors (Lipinski definition) is 7. The van der Waals surface area contributed by atoms with E-state index in [1.807, 2.05) is 0 Å². The van der Waals surface area contributed by atoms with Gasteiger partial charge in [-0.05, 0) is 12.5 Å². The van der Waals surface area contributed by atoms with Crippen LogP contribution in [-0.2, 0) is 36.4 Å². The molecule has 2 unspecified atom stereocenters. The number of carbonyl (C=O) groups excluding carboxylic acids is 1. The molecule has 22 heteroatoms. The third-order valence-electron chi connectivity index (χ3n) is 4.41. The number of hydrogen-bond acceptors (Lipinski definition) is 12. The fourth-order valence-electron chi connectivity index (χ4n) is 3.05. The van der Waals surface area contributed by atoms with Gasteiger partial charge in [-0.2, -0.15) is 8.62 Å². The van der Waals surface area contributed by atoms with Crippen LogP contribution >= 0.6 is 23.5 Å². The molecule has 2 heterocycles. The number of phosphoric acid groups is 3. The minimum atomic E-state index is -5.83. The van der Waals surface area contributed by atoms with Gasteiger partial charge < -0.3 is 44.7 Å². The van der Waals surface area contributed by atoms with Crippen molar-refractivity contribution in [2.24, 2.45) is 5.11 Å². The lowest BCUT2D eigenvalue weighted by Crippen LogP contribution is -2.55. The maximum atomic E-state index is 12.1. The zero-order valence-corrected chi connectivity index (χ0v) is 19.7. The van der Waals surface area contributed by atoms with Gasteiger partial charge in [0.05, 0.1) is 13.2 Å². The maximum Gasteiger partial charge on any atom is 0.490 e. The van der Waals surface area contributed by atoms with E-state index in [0.29, 0.717) is 0 Å². The van der Waals surface area contributed by atoms with Gasteiger partial charge in [-0.3, -0.25) is 9.32 Å². The number of aliphatic hydroxyl groups is 2. The Kier molecular flexibility index (Phi) is 8.22. The van der Waals surface area contributed by atoms with Gasteiger partial charge in [0.15, 0.2) is 6.23 Å². The Morgan fingerprint density at radius 3 is 2.44 bits per heavy atom. The Morgan fingerprint density at radius 1 is 1.29 bits per heavy atom. The highest BCUT2D eigenvalue weighted by molar-refractivity contribution is 7.66. The summed E-state index contributed by atoms with van der Waals surface area (Å²) in [6.45, 7) is 2.57. The molecular weight excluding hydrogens is 531 g/mol. The smallest absolute Gasteiger partial charge is 0.387 e. The quantitative estimate of drug-likeness (QED) is 0.0761. The van der Waals surface area contributed by atoms with E-state index in [2.05, 4.69) is 35.1 Å². The third kappa shape index (κ3) is 6.73. The number of phosphoric ester groups is 1. The molecule has 0 aromatic heterocycles. The highest BCUT2D eigenvalue weighted by Crippen LogP contribution is 2.66. The highest BCUT2D eigenvalue weighted by Gasteiger charge is 2.63. The molecule has 192 valence electrons. The minimum absolute atomic E-state index is 0.0996. The molecule has 1 fully saturated rings. The zero-order chi connectivity index (χ0) is 26.2. The third-order valence-corrected chi connectivity index (χ3v) is 8.19. The molecule has 2 aliphatic heterocycles. The topological polar surface area (TPSA) is 291 Å². The van der Waals surface area contributed by atoms with Crippen LogP contribution in [0.15, 0.2) is 29.8 Å². The Balaban J connectivity index is 2.32. The molecule has 0 radical (unpaired) electrons. The molecule has 0 aliphatic carbocycles. The van der Waals surface area contributed by atoms with Crippen molar-refractivity contribution in [1.82, 2.24) is 10.2 Å². The molecular formula is C12H20N5O14P3. The highest BCUT2D eigenvalue weighted by atomic mass is 31.3. The summed E-state index contributed by atoms with van der Waals surface area (Å²) in [6.07, 6.45) is -1.41. The van der Waals surface area contributed by atoms with Crippen molar-refractivity contribution in [3.05, 3.63) is 35.1 Å². The van der Waals surface area contributed by atoms with Gasteiger partial charge >= 0.3 is 23.5 Å². The predicted octanol–water partition coefficient (Wildman–Crippen LogP) is -0.736. The van der Waals surface area contributed by atoms with Crippen molar-refractivity contribution >= 4 is 29.4 Å². The molecule has 2 aliphatic rings. The van der Waals surface area contributed by atoms with Gasteiger partial charge in [0, 0.05) is 17.2 Å². The minimum Gasteiger partial charge on any atom is -0.387 e. The Labute approximate surface area is 190 Å². The van der Waals surface area contributed by atoms with E-state index < -0.39 is 66.1 Å². The summed E-state index contributed by atoms with van der Waals surface area (Å²) in [6, 6.07) is 0. The summed E-state index contributed by atoms with van der Waals surface area (Å²) in [5.74, 6) is -0.662. The van der Waals surface area contributed by atoms with E-state index in [1.165, 1.54) is 0 Å². The Morgan fingerprint density at radius 2 is 1.91 bits per heavy atom. The summed E-state index contributed by atoms with van der Waals surface area (Å²) in [5, 5.41) is 27.2. The van der Waals surface area contributed by atoms with Crippen molar-refractivity contribution < 1.29 is 66.2 Å². The van der Waals surface area contributed by atoms with E-state index in [4.69, 9.17) is 20.1 Å². The number of nitrogens with zero attached hydrogens (tertiary/aromatic N) is 4. The van der Waals surface area contributed by atoms with Gasteiger partial charge in [0.2, 0.25) is 0 Å². The molecule has 19 nitrogen and oxygen atoms in total. The van der Waals surface area contributed by atoms with Crippen molar-refractivity contribution in [2.75, 3.05) is 13.2 Å². The number of carbonyl (C=O) groups is 1.